The maximum absolute atomic E-state index is 12.4. The summed E-state index contributed by atoms with van der Waals surface area (Å²) in [5.41, 5.74) is 0.0888. The Kier molecular flexibility index (Phi) is 4.41. The average Bonchev–Trinajstić information content (AvgIpc) is 2.37. The van der Waals surface area contributed by atoms with E-state index in [1.807, 2.05) is 18.6 Å². The molecule has 0 saturated carbocycles. The van der Waals surface area contributed by atoms with Crippen molar-refractivity contribution < 1.29 is 17.9 Å². The number of benzene rings is 1. The summed E-state index contributed by atoms with van der Waals surface area (Å²) >= 11 is 1.47. The molecule has 1 aliphatic rings. The van der Waals surface area contributed by atoms with Crippen molar-refractivity contribution in [2.24, 2.45) is 0 Å². The fourth-order valence-electron chi connectivity index (χ4n) is 1.66. The van der Waals surface area contributed by atoms with Gasteiger partial charge < -0.3 is 0 Å². The molecule has 0 N–H and O–H groups in total. The zero-order valence-corrected chi connectivity index (χ0v) is 12.5. The van der Waals surface area contributed by atoms with Crippen LogP contribution >= 0.6 is 0 Å². The molecule has 0 aliphatic heterocycles. The van der Waals surface area contributed by atoms with Crippen LogP contribution in [0.5, 0.6) is 0 Å². The van der Waals surface area contributed by atoms with Gasteiger partial charge in [0.2, 0.25) is 0 Å². The Bertz CT molecular complexity index is 500. The maximum atomic E-state index is 12.4. The molecular formula is C14H13AsF3O. The van der Waals surface area contributed by atoms with Gasteiger partial charge in [-0.2, -0.15) is 0 Å². The van der Waals surface area contributed by atoms with E-state index in [4.69, 9.17) is 4.74 Å². The van der Waals surface area contributed by atoms with Gasteiger partial charge in [0.15, 0.2) is 0 Å². The van der Waals surface area contributed by atoms with E-state index < -0.39 is 11.7 Å². The van der Waals surface area contributed by atoms with Crippen LogP contribution in [-0.4, -0.2) is 16.9 Å². The van der Waals surface area contributed by atoms with Crippen LogP contribution in [0.3, 0.4) is 0 Å². The molecule has 0 heterocycles. The summed E-state index contributed by atoms with van der Waals surface area (Å²) < 4.78 is 43.9. The van der Waals surface area contributed by atoms with Crippen molar-refractivity contribution in [2.75, 3.05) is 0 Å². The van der Waals surface area contributed by atoms with Gasteiger partial charge in [-0.15, -0.1) is 0 Å². The van der Waals surface area contributed by atoms with Gasteiger partial charge in [-0.1, -0.05) is 0 Å². The van der Waals surface area contributed by atoms with Crippen LogP contribution in [0.4, 0.5) is 13.2 Å². The van der Waals surface area contributed by atoms with Crippen molar-refractivity contribution in [2.45, 2.75) is 19.2 Å². The zero-order chi connectivity index (χ0) is 13.9. The second-order valence-electron chi connectivity index (χ2n) is 4.15. The molecule has 1 aromatic carbocycles. The van der Waals surface area contributed by atoms with Crippen LogP contribution < -0.4 is 0 Å². The van der Waals surface area contributed by atoms with E-state index in [0.29, 0.717) is 0 Å². The van der Waals surface area contributed by atoms with Gasteiger partial charge in [-0.3, -0.25) is 0 Å². The first-order valence-electron chi connectivity index (χ1n) is 5.75. The third kappa shape index (κ3) is 3.90. The third-order valence-electron chi connectivity index (χ3n) is 2.70. The van der Waals surface area contributed by atoms with E-state index in [0.717, 1.165) is 34.2 Å². The van der Waals surface area contributed by atoms with E-state index >= 15 is 0 Å². The number of alkyl halides is 3. The molecule has 1 atom stereocenters. The molecule has 101 valence electrons. The van der Waals surface area contributed by atoms with Crippen molar-refractivity contribution >= 4 is 16.9 Å². The summed E-state index contributed by atoms with van der Waals surface area (Å²) in [5, 5.41) is 0. The minimum atomic E-state index is -4.29. The first kappa shape index (κ1) is 14.3. The Hall–Kier alpha value is -1.15. The van der Waals surface area contributed by atoms with Gasteiger partial charge in [0, 0.05) is 0 Å². The second-order valence-corrected chi connectivity index (χ2v) is 5.45. The fraction of sp³-hybridized carbons (Fsp3) is 0.214. The summed E-state index contributed by atoms with van der Waals surface area (Å²) in [6.45, 7) is 0.283. The standard InChI is InChI=1S/C14H13AsF3O/c15-12-3-1-2-4-13(12)19-9-10-5-7-11(8-6-10)14(16,17)18/h1,3-8H,2,9,15H2. The summed E-state index contributed by atoms with van der Waals surface area (Å²) in [7, 11) is 0. The van der Waals surface area contributed by atoms with Crippen LogP contribution in [0.2, 0.25) is 0 Å². The zero-order valence-electron chi connectivity index (χ0n) is 10.1. The summed E-state index contributed by atoms with van der Waals surface area (Å²) in [6, 6.07) is 5.05. The summed E-state index contributed by atoms with van der Waals surface area (Å²) in [6.07, 6.45) is 2.56. The van der Waals surface area contributed by atoms with Crippen molar-refractivity contribution in [3.05, 3.63) is 64.1 Å². The second kappa shape index (κ2) is 5.87. The fourth-order valence-corrected chi connectivity index (χ4v) is 2.37. The minimum absolute atomic E-state index is 0.283. The van der Waals surface area contributed by atoms with Crippen LogP contribution in [0, 0.1) is 6.42 Å². The van der Waals surface area contributed by atoms with E-state index in [1.165, 1.54) is 29.0 Å². The van der Waals surface area contributed by atoms with Crippen molar-refractivity contribution in [3.8, 4) is 0 Å². The molecule has 19 heavy (non-hydrogen) atoms. The molecule has 1 radical (unpaired) electrons. The normalized spacial score (nSPS) is 15.8. The molecule has 0 aromatic heterocycles. The topological polar surface area (TPSA) is 9.23 Å². The average molecular weight is 329 g/mol. The van der Waals surface area contributed by atoms with Crippen LogP contribution in [0.25, 0.3) is 0 Å². The molecule has 0 fully saturated rings. The quantitative estimate of drug-likeness (QED) is 0.774. The number of allylic oxidation sites excluding steroid dienone is 4. The molecule has 0 spiro atoms. The molecule has 5 heteroatoms. The number of ether oxygens (including phenoxy) is 1. The summed E-state index contributed by atoms with van der Waals surface area (Å²) in [5.74, 6) is 0.822. The van der Waals surface area contributed by atoms with E-state index in [9.17, 15) is 13.2 Å². The number of hydrogen-bond donors (Lipinski definition) is 0. The first-order valence-corrected chi connectivity index (χ1v) is 6.96. The van der Waals surface area contributed by atoms with Crippen LogP contribution in [-0.2, 0) is 17.5 Å². The van der Waals surface area contributed by atoms with Gasteiger partial charge in [0.05, 0.1) is 0 Å². The Morgan fingerprint density at radius 2 is 1.84 bits per heavy atom. The molecular weight excluding hydrogens is 316 g/mol. The Morgan fingerprint density at radius 3 is 2.42 bits per heavy atom. The van der Waals surface area contributed by atoms with Gasteiger partial charge in [-0.05, 0) is 0 Å². The molecule has 2 rings (SSSR count). The van der Waals surface area contributed by atoms with Gasteiger partial charge in [0.1, 0.15) is 0 Å². The number of hydrogen-bond acceptors (Lipinski definition) is 1. The van der Waals surface area contributed by atoms with Crippen molar-refractivity contribution in [3.63, 3.8) is 0 Å². The molecule has 1 aliphatic carbocycles. The predicted molar refractivity (Wildman–Crippen MR) is 69.9 cm³/mol. The van der Waals surface area contributed by atoms with Crippen LogP contribution in [0.15, 0.2) is 46.5 Å². The Balaban J connectivity index is 1.99. The van der Waals surface area contributed by atoms with Gasteiger partial charge in [-0.25, -0.2) is 0 Å². The summed E-state index contributed by atoms with van der Waals surface area (Å²) in [4.78, 5) is 0. The van der Waals surface area contributed by atoms with Crippen molar-refractivity contribution in [1.29, 1.82) is 0 Å². The molecule has 1 unspecified atom stereocenters. The van der Waals surface area contributed by atoms with E-state index in [-0.39, 0.29) is 6.61 Å². The first-order chi connectivity index (χ1) is 8.97. The molecule has 0 saturated heterocycles. The van der Waals surface area contributed by atoms with Crippen molar-refractivity contribution in [1.82, 2.24) is 0 Å². The monoisotopic (exact) mass is 329 g/mol. The molecule has 1 nitrogen and oxygen atoms in total. The van der Waals surface area contributed by atoms with E-state index in [2.05, 4.69) is 0 Å². The van der Waals surface area contributed by atoms with Gasteiger partial charge >= 0.3 is 118 Å². The van der Waals surface area contributed by atoms with Gasteiger partial charge in [0.25, 0.3) is 0 Å². The number of halogens is 3. The van der Waals surface area contributed by atoms with Crippen LogP contribution in [0.1, 0.15) is 17.5 Å². The van der Waals surface area contributed by atoms with E-state index in [1.54, 1.807) is 0 Å². The Morgan fingerprint density at radius 1 is 1.16 bits per heavy atom. The molecule has 1 aromatic rings. The molecule has 0 bridgehead atoms. The predicted octanol–water partition coefficient (Wildman–Crippen LogP) is 3.23. The number of rotatable bonds is 3. The molecule has 0 amide bonds. The third-order valence-corrected chi connectivity index (χ3v) is 3.70. The SMILES string of the molecule is FC(F)(F)c1ccc(COC2=C([AsH2])C=CC[CH]2)cc1. The Labute approximate surface area is 118 Å².